The third kappa shape index (κ3) is 4.35. The summed E-state index contributed by atoms with van der Waals surface area (Å²) in [7, 11) is 0. The molecule has 0 unspecified atom stereocenters. The Hall–Kier alpha value is -1.36. The number of ether oxygens (including phenoxy) is 1. The van der Waals surface area contributed by atoms with Gasteiger partial charge in [0.15, 0.2) is 6.61 Å². The zero-order valence-electron chi connectivity index (χ0n) is 11.1. The lowest BCUT2D eigenvalue weighted by atomic mass is 9.87. The van der Waals surface area contributed by atoms with Crippen LogP contribution in [0.2, 0.25) is 0 Å². The van der Waals surface area contributed by atoms with Gasteiger partial charge in [-0.05, 0) is 43.0 Å². The lowest BCUT2D eigenvalue weighted by Gasteiger charge is -2.26. The normalized spacial score (nSPS) is 22.8. The van der Waals surface area contributed by atoms with Crippen molar-refractivity contribution in [3.05, 3.63) is 22.4 Å². The van der Waals surface area contributed by atoms with Gasteiger partial charge in [-0.25, -0.2) is 4.79 Å². The Morgan fingerprint density at radius 1 is 1.37 bits per heavy atom. The molecule has 0 saturated heterocycles. The van der Waals surface area contributed by atoms with E-state index in [1.54, 1.807) is 16.8 Å². The lowest BCUT2D eigenvalue weighted by Crippen LogP contribution is -2.39. The molecule has 1 aromatic rings. The van der Waals surface area contributed by atoms with Gasteiger partial charge in [0.1, 0.15) is 0 Å². The van der Waals surface area contributed by atoms with Gasteiger partial charge in [0.2, 0.25) is 0 Å². The first-order valence-corrected chi connectivity index (χ1v) is 7.58. The molecule has 1 saturated carbocycles. The van der Waals surface area contributed by atoms with Gasteiger partial charge in [-0.3, -0.25) is 4.79 Å². The molecule has 0 aromatic carbocycles. The smallest absolute Gasteiger partial charge is 0.339 e. The monoisotopic (exact) mass is 281 g/mol. The Kier molecular flexibility index (Phi) is 4.96. The first-order valence-electron chi connectivity index (χ1n) is 6.64. The third-order valence-corrected chi connectivity index (χ3v) is 4.16. The Labute approximate surface area is 117 Å². The summed E-state index contributed by atoms with van der Waals surface area (Å²) in [5, 5.41) is 6.44. The largest absolute Gasteiger partial charge is 0.452 e. The molecule has 104 valence electrons. The maximum absolute atomic E-state index is 11.7. The maximum Gasteiger partial charge on any atom is 0.339 e. The standard InChI is InChI=1S/C14H19NO3S/c1-10-2-4-12(5-3-10)15-13(16)8-18-14(17)11-6-7-19-9-11/h6-7,9-10,12H,2-5,8H2,1H3,(H,15,16). The van der Waals surface area contributed by atoms with E-state index in [0.29, 0.717) is 5.56 Å². The van der Waals surface area contributed by atoms with Gasteiger partial charge in [-0.1, -0.05) is 6.92 Å². The zero-order valence-corrected chi connectivity index (χ0v) is 11.9. The van der Waals surface area contributed by atoms with E-state index >= 15 is 0 Å². The van der Waals surface area contributed by atoms with Crippen LogP contribution in [-0.2, 0) is 9.53 Å². The lowest BCUT2D eigenvalue weighted by molar-refractivity contribution is -0.125. The van der Waals surface area contributed by atoms with Crippen molar-refractivity contribution in [2.24, 2.45) is 5.92 Å². The van der Waals surface area contributed by atoms with Crippen molar-refractivity contribution in [3.8, 4) is 0 Å². The van der Waals surface area contributed by atoms with E-state index in [0.717, 1.165) is 31.6 Å². The summed E-state index contributed by atoms with van der Waals surface area (Å²) in [4.78, 5) is 23.2. The summed E-state index contributed by atoms with van der Waals surface area (Å²) in [6.07, 6.45) is 4.34. The molecule has 1 aliphatic carbocycles. The minimum absolute atomic E-state index is 0.194. The number of hydrogen-bond donors (Lipinski definition) is 1. The van der Waals surface area contributed by atoms with Crippen molar-refractivity contribution in [2.45, 2.75) is 38.6 Å². The Balaban J connectivity index is 1.69. The SMILES string of the molecule is CC1CCC(NC(=O)COC(=O)c2ccsc2)CC1. The number of esters is 1. The number of hydrogen-bond acceptors (Lipinski definition) is 4. The van der Waals surface area contributed by atoms with Crippen molar-refractivity contribution in [3.63, 3.8) is 0 Å². The topological polar surface area (TPSA) is 55.4 Å². The highest BCUT2D eigenvalue weighted by molar-refractivity contribution is 7.08. The van der Waals surface area contributed by atoms with Crippen LogP contribution in [0.25, 0.3) is 0 Å². The predicted octanol–water partition coefficient (Wildman–Crippen LogP) is 2.60. The Bertz CT molecular complexity index is 422. The number of carbonyl (C=O) groups is 2. The van der Waals surface area contributed by atoms with Gasteiger partial charge in [-0.15, -0.1) is 0 Å². The van der Waals surface area contributed by atoms with Gasteiger partial charge >= 0.3 is 5.97 Å². The van der Waals surface area contributed by atoms with E-state index in [4.69, 9.17) is 4.74 Å². The van der Waals surface area contributed by atoms with Gasteiger partial charge in [0.05, 0.1) is 5.56 Å². The van der Waals surface area contributed by atoms with Crippen LogP contribution in [0.1, 0.15) is 43.0 Å². The second-order valence-electron chi connectivity index (χ2n) is 5.11. The highest BCUT2D eigenvalue weighted by Gasteiger charge is 2.20. The average Bonchev–Trinajstić information content (AvgIpc) is 2.93. The van der Waals surface area contributed by atoms with Crippen molar-refractivity contribution in [1.29, 1.82) is 0 Å². The summed E-state index contributed by atoms with van der Waals surface area (Å²) in [6.45, 7) is 2.04. The van der Waals surface area contributed by atoms with Crippen LogP contribution in [0.3, 0.4) is 0 Å². The Morgan fingerprint density at radius 3 is 2.74 bits per heavy atom. The summed E-state index contributed by atoms with van der Waals surface area (Å²) in [5.74, 6) is 0.112. The maximum atomic E-state index is 11.7. The van der Waals surface area contributed by atoms with Crippen molar-refractivity contribution in [1.82, 2.24) is 5.32 Å². The van der Waals surface area contributed by atoms with Crippen LogP contribution in [0.5, 0.6) is 0 Å². The minimum Gasteiger partial charge on any atom is -0.452 e. The van der Waals surface area contributed by atoms with Gasteiger partial charge in [-0.2, -0.15) is 11.3 Å². The van der Waals surface area contributed by atoms with Crippen LogP contribution in [0.15, 0.2) is 16.8 Å². The molecule has 1 heterocycles. The molecule has 2 rings (SSSR count). The fraction of sp³-hybridized carbons (Fsp3) is 0.571. The molecule has 0 spiro atoms. The van der Waals surface area contributed by atoms with E-state index < -0.39 is 5.97 Å². The molecule has 1 aromatic heterocycles. The first-order chi connectivity index (χ1) is 9.15. The number of carbonyl (C=O) groups excluding carboxylic acids is 2. The van der Waals surface area contributed by atoms with Crippen LogP contribution in [0, 0.1) is 5.92 Å². The fourth-order valence-electron chi connectivity index (χ4n) is 2.27. The molecule has 1 amide bonds. The number of thiophene rings is 1. The second kappa shape index (κ2) is 6.70. The number of amides is 1. The quantitative estimate of drug-likeness (QED) is 0.863. The zero-order chi connectivity index (χ0) is 13.7. The summed E-state index contributed by atoms with van der Waals surface area (Å²) in [5.41, 5.74) is 0.504. The molecule has 19 heavy (non-hydrogen) atoms. The molecule has 0 atom stereocenters. The third-order valence-electron chi connectivity index (χ3n) is 3.47. The van der Waals surface area contributed by atoms with Crippen molar-refractivity contribution < 1.29 is 14.3 Å². The number of rotatable bonds is 4. The van der Waals surface area contributed by atoms with E-state index in [-0.39, 0.29) is 18.6 Å². The average molecular weight is 281 g/mol. The molecule has 1 N–H and O–H groups in total. The van der Waals surface area contributed by atoms with E-state index in [1.165, 1.54) is 11.3 Å². The Morgan fingerprint density at radius 2 is 2.11 bits per heavy atom. The molecule has 1 aliphatic rings. The fourth-order valence-corrected chi connectivity index (χ4v) is 2.89. The molecular formula is C14H19NO3S. The predicted molar refractivity (Wildman–Crippen MR) is 74.2 cm³/mol. The molecule has 5 heteroatoms. The molecule has 1 fully saturated rings. The minimum atomic E-state index is -0.436. The van der Waals surface area contributed by atoms with Crippen LogP contribution in [0.4, 0.5) is 0 Å². The van der Waals surface area contributed by atoms with Crippen LogP contribution in [-0.4, -0.2) is 24.5 Å². The number of nitrogens with one attached hydrogen (secondary N) is 1. The molecule has 0 bridgehead atoms. The molecular weight excluding hydrogens is 262 g/mol. The van der Waals surface area contributed by atoms with Gasteiger partial charge in [0, 0.05) is 11.4 Å². The van der Waals surface area contributed by atoms with E-state index in [9.17, 15) is 9.59 Å². The van der Waals surface area contributed by atoms with Crippen LogP contribution < -0.4 is 5.32 Å². The molecule has 0 aliphatic heterocycles. The van der Waals surface area contributed by atoms with E-state index in [1.807, 2.05) is 0 Å². The summed E-state index contributed by atoms with van der Waals surface area (Å²) >= 11 is 1.43. The summed E-state index contributed by atoms with van der Waals surface area (Å²) < 4.78 is 4.97. The highest BCUT2D eigenvalue weighted by atomic mass is 32.1. The van der Waals surface area contributed by atoms with Crippen molar-refractivity contribution >= 4 is 23.2 Å². The second-order valence-corrected chi connectivity index (χ2v) is 5.89. The van der Waals surface area contributed by atoms with Crippen molar-refractivity contribution in [2.75, 3.05) is 6.61 Å². The van der Waals surface area contributed by atoms with E-state index in [2.05, 4.69) is 12.2 Å². The van der Waals surface area contributed by atoms with Gasteiger partial charge < -0.3 is 10.1 Å². The first kappa shape index (κ1) is 14.1. The molecule has 0 radical (unpaired) electrons. The van der Waals surface area contributed by atoms with Crippen LogP contribution >= 0.6 is 11.3 Å². The summed E-state index contributed by atoms with van der Waals surface area (Å²) in [6, 6.07) is 1.93. The molecule has 4 nitrogen and oxygen atoms in total. The highest BCUT2D eigenvalue weighted by Crippen LogP contribution is 2.23. The van der Waals surface area contributed by atoms with Gasteiger partial charge in [0.25, 0.3) is 5.91 Å².